The minimum atomic E-state index is 0.162. The molecular formula is C15H30N2O2. The first-order valence-electron chi connectivity index (χ1n) is 7.56. The van der Waals surface area contributed by atoms with Crippen LogP contribution in [0.2, 0.25) is 0 Å². The number of nitrogens with zero attached hydrogens (tertiary/aromatic N) is 1. The summed E-state index contributed by atoms with van der Waals surface area (Å²) in [6, 6.07) is 0.488. The molecule has 1 aliphatic rings. The lowest BCUT2D eigenvalue weighted by atomic mass is 10.1. The molecule has 1 fully saturated rings. The Morgan fingerprint density at radius 1 is 1.42 bits per heavy atom. The third kappa shape index (κ3) is 6.39. The number of amides is 1. The van der Waals surface area contributed by atoms with E-state index < -0.39 is 0 Å². The molecule has 1 aliphatic heterocycles. The van der Waals surface area contributed by atoms with Crippen molar-refractivity contribution in [3.05, 3.63) is 0 Å². The van der Waals surface area contributed by atoms with Gasteiger partial charge < -0.3 is 15.0 Å². The number of rotatable bonds is 8. The second-order valence-electron chi connectivity index (χ2n) is 6.07. The summed E-state index contributed by atoms with van der Waals surface area (Å²) in [6.45, 7) is 9.16. The van der Waals surface area contributed by atoms with Crippen molar-refractivity contribution in [3.8, 4) is 0 Å². The van der Waals surface area contributed by atoms with Crippen LogP contribution in [-0.4, -0.2) is 49.7 Å². The first-order valence-corrected chi connectivity index (χ1v) is 7.56. The average molecular weight is 270 g/mol. The average Bonchev–Trinajstić information content (AvgIpc) is 2.87. The van der Waals surface area contributed by atoms with Gasteiger partial charge in [-0.05, 0) is 38.6 Å². The first kappa shape index (κ1) is 16.4. The molecular weight excluding hydrogens is 240 g/mol. The van der Waals surface area contributed by atoms with Gasteiger partial charge in [0.15, 0.2) is 0 Å². The van der Waals surface area contributed by atoms with E-state index in [1.165, 1.54) is 12.8 Å². The van der Waals surface area contributed by atoms with Crippen LogP contribution >= 0.6 is 0 Å². The van der Waals surface area contributed by atoms with Gasteiger partial charge in [0.25, 0.3) is 0 Å². The molecule has 1 amide bonds. The van der Waals surface area contributed by atoms with Gasteiger partial charge in [0.05, 0.1) is 6.10 Å². The van der Waals surface area contributed by atoms with E-state index in [0.717, 1.165) is 26.1 Å². The number of ether oxygens (including phenoxy) is 1. The summed E-state index contributed by atoms with van der Waals surface area (Å²) in [6.07, 6.45) is 3.98. The third-order valence-corrected chi connectivity index (χ3v) is 3.71. The van der Waals surface area contributed by atoms with Gasteiger partial charge in [-0.2, -0.15) is 0 Å². The minimum Gasteiger partial charge on any atom is -0.382 e. The van der Waals surface area contributed by atoms with Crippen molar-refractivity contribution < 1.29 is 9.53 Å². The highest BCUT2D eigenvalue weighted by Crippen LogP contribution is 2.11. The Bertz CT molecular complexity index is 263. The van der Waals surface area contributed by atoms with Crippen LogP contribution < -0.4 is 5.32 Å². The summed E-state index contributed by atoms with van der Waals surface area (Å²) in [7, 11) is 1.70. The predicted octanol–water partition coefficient (Wildman–Crippen LogP) is 2.04. The quantitative estimate of drug-likeness (QED) is 0.734. The molecule has 1 N–H and O–H groups in total. The van der Waals surface area contributed by atoms with Crippen LogP contribution in [0.1, 0.15) is 46.5 Å². The van der Waals surface area contributed by atoms with Crippen molar-refractivity contribution in [2.24, 2.45) is 5.92 Å². The molecule has 1 heterocycles. The van der Waals surface area contributed by atoms with Gasteiger partial charge in [-0.15, -0.1) is 0 Å². The van der Waals surface area contributed by atoms with Gasteiger partial charge in [0, 0.05) is 32.7 Å². The van der Waals surface area contributed by atoms with Crippen LogP contribution in [-0.2, 0) is 9.53 Å². The SMILES string of the molecule is COC(C)CCC(=O)N(CC(C)C)CC1CCCN1. The number of nitrogens with one attached hydrogen (secondary N) is 1. The van der Waals surface area contributed by atoms with Crippen molar-refractivity contribution in [1.82, 2.24) is 10.2 Å². The molecule has 0 radical (unpaired) electrons. The Kier molecular flexibility index (Phi) is 7.39. The van der Waals surface area contributed by atoms with Crippen molar-refractivity contribution in [1.29, 1.82) is 0 Å². The van der Waals surface area contributed by atoms with Crippen LogP contribution in [0.15, 0.2) is 0 Å². The highest BCUT2D eigenvalue weighted by molar-refractivity contribution is 5.76. The highest BCUT2D eigenvalue weighted by Gasteiger charge is 2.22. The topological polar surface area (TPSA) is 41.6 Å². The largest absolute Gasteiger partial charge is 0.382 e. The van der Waals surface area contributed by atoms with Crippen LogP contribution in [0.3, 0.4) is 0 Å². The van der Waals surface area contributed by atoms with E-state index in [0.29, 0.717) is 18.4 Å². The molecule has 2 unspecified atom stereocenters. The molecule has 0 spiro atoms. The maximum absolute atomic E-state index is 12.3. The Labute approximate surface area is 117 Å². The second kappa shape index (κ2) is 8.54. The van der Waals surface area contributed by atoms with Gasteiger partial charge >= 0.3 is 0 Å². The fourth-order valence-corrected chi connectivity index (χ4v) is 2.50. The number of hydrogen-bond donors (Lipinski definition) is 1. The summed E-state index contributed by atoms with van der Waals surface area (Å²) in [5.41, 5.74) is 0. The van der Waals surface area contributed by atoms with Crippen molar-refractivity contribution >= 4 is 5.91 Å². The van der Waals surface area contributed by atoms with E-state index in [4.69, 9.17) is 4.74 Å². The molecule has 0 aromatic rings. The van der Waals surface area contributed by atoms with Crippen molar-refractivity contribution in [2.75, 3.05) is 26.7 Å². The maximum atomic E-state index is 12.3. The highest BCUT2D eigenvalue weighted by atomic mass is 16.5. The third-order valence-electron chi connectivity index (χ3n) is 3.71. The summed E-state index contributed by atoms with van der Waals surface area (Å²) < 4.78 is 5.21. The monoisotopic (exact) mass is 270 g/mol. The molecule has 19 heavy (non-hydrogen) atoms. The fourth-order valence-electron chi connectivity index (χ4n) is 2.50. The smallest absolute Gasteiger partial charge is 0.222 e. The second-order valence-corrected chi connectivity index (χ2v) is 6.07. The Balaban J connectivity index is 2.44. The molecule has 0 saturated carbocycles. The molecule has 0 bridgehead atoms. The Hall–Kier alpha value is -0.610. The molecule has 1 saturated heterocycles. The summed E-state index contributed by atoms with van der Waals surface area (Å²) in [5.74, 6) is 0.788. The van der Waals surface area contributed by atoms with E-state index >= 15 is 0 Å². The van der Waals surface area contributed by atoms with Crippen LogP contribution in [0.25, 0.3) is 0 Å². The van der Waals surface area contributed by atoms with Gasteiger partial charge in [0.2, 0.25) is 5.91 Å². The summed E-state index contributed by atoms with van der Waals surface area (Å²) >= 11 is 0. The zero-order valence-electron chi connectivity index (χ0n) is 12.9. The normalized spacial score (nSPS) is 20.8. The summed E-state index contributed by atoms with van der Waals surface area (Å²) in [4.78, 5) is 14.4. The van der Waals surface area contributed by atoms with Crippen LogP contribution in [0, 0.1) is 5.92 Å². The number of carbonyl (C=O) groups is 1. The van der Waals surface area contributed by atoms with Crippen LogP contribution in [0.4, 0.5) is 0 Å². The molecule has 0 aromatic carbocycles. The van der Waals surface area contributed by atoms with E-state index in [1.54, 1.807) is 7.11 Å². The van der Waals surface area contributed by atoms with E-state index in [9.17, 15) is 4.79 Å². The molecule has 112 valence electrons. The Morgan fingerprint density at radius 3 is 2.68 bits per heavy atom. The number of carbonyl (C=O) groups excluding carboxylic acids is 1. The lowest BCUT2D eigenvalue weighted by Gasteiger charge is -2.28. The standard InChI is InChI=1S/C15H30N2O2/c1-12(2)10-17(11-14-6-5-9-16-14)15(18)8-7-13(3)19-4/h12-14,16H,5-11H2,1-4H3. The van der Waals surface area contributed by atoms with E-state index in [-0.39, 0.29) is 12.0 Å². The zero-order chi connectivity index (χ0) is 14.3. The fraction of sp³-hybridized carbons (Fsp3) is 0.933. The lowest BCUT2D eigenvalue weighted by Crippen LogP contribution is -2.43. The lowest BCUT2D eigenvalue weighted by molar-refractivity contribution is -0.132. The summed E-state index contributed by atoms with van der Waals surface area (Å²) in [5, 5.41) is 3.47. The van der Waals surface area contributed by atoms with Gasteiger partial charge in [-0.1, -0.05) is 13.8 Å². The zero-order valence-corrected chi connectivity index (χ0v) is 12.9. The number of hydrogen-bond acceptors (Lipinski definition) is 3. The molecule has 0 aromatic heterocycles. The van der Waals surface area contributed by atoms with Gasteiger partial charge in [-0.3, -0.25) is 4.79 Å². The van der Waals surface area contributed by atoms with Crippen molar-refractivity contribution in [3.63, 3.8) is 0 Å². The van der Waals surface area contributed by atoms with E-state index in [1.807, 2.05) is 11.8 Å². The number of methoxy groups -OCH3 is 1. The van der Waals surface area contributed by atoms with E-state index in [2.05, 4.69) is 19.2 Å². The molecule has 4 nitrogen and oxygen atoms in total. The molecule has 1 rings (SSSR count). The minimum absolute atomic E-state index is 0.162. The molecule has 2 atom stereocenters. The predicted molar refractivity (Wildman–Crippen MR) is 78.1 cm³/mol. The van der Waals surface area contributed by atoms with Gasteiger partial charge in [0.1, 0.15) is 0 Å². The van der Waals surface area contributed by atoms with Crippen molar-refractivity contribution in [2.45, 2.75) is 58.6 Å². The first-order chi connectivity index (χ1) is 9.02. The Morgan fingerprint density at radius 2 is 2.16 bits per heavy atom. The van der Waals surface area contributed by atoms with Gasteiger partial charge in [-0.25, -0.2) is 0 Å². The molecule has 4 heteroatoms. The molecule has 0 aliphatic carbocycles. The maximum Gasteiger partial charge on any atom is 0.222 e. The van der Waals surface area contributed by atoms with Crippen LogP contribution in [0.5, 0.6) is 0 Å².